The SMILES string of the molecule is NNc1nc(Sc2ncns2)c2ccccc2n1. The Bertz CT molecular complexity index is 669. The number of benzene rings is 1. The molecule has 0 bridgehead atoms. The van der Waals surface area contributed by atoms with Gasteiger partial charge in [0.1, 0.15) is 11.4 Å². The average Bonchev–Trinajstić information content (AvgIpc) is 2.91. The van der Waals surface area contributed by atoms with E-state index in [0.717, 1.165) is 20.3 Å². The molecular formula is C10H8N6S2. The van der Waals surface area contributed by atoms with E-state index in [-0.39, 0.29) is 0 Å². The molecule has 0 saturated carbocycles. The minimum atomic E-state index is 0.390. The molecule has 0 spiro atoms. The number of fused-ring (bicyclic) bond motifs is 1. The van der Waals surface area contributed by atoms with Crippen molar-refractivity contribution in [2.45, 2.75) is 9.37 Å². The van der Waals surface area contributed by atoms with Crippen molar-refractivity contribution in [3.05, 3.63) is 30.6 Å². The fourth-order valence-corrected chi connectivity index (χ4v) is 2.95. The number of rotatable bonds is 3. The number of nitrogen functional groups attached to an aromatic ring is 1. The van der Waals surface area contributed by atoms with Crippen molar-refractivity contribution >= 4 is 40.1 Å². The van der Waals surface area contributed by atoms with Crippen molar-refractivity contribution in [1.29, 1.82) is 0 Å². The van der Waals surface area contributed by atoms with Crippen LogP contribution in [-0.2, 0) is 0 Å². The largest absolute Gasteiger partial charge is 0.292 e. The van der Waals surface area contributed by atoms with Crippen molar-refractivity contribution in [3.8, 4) is 0 Å². The molecule has 0 fully saturated rings. The van der Waals surface area contributed by atoms with Crippen LogP contribution in [0.3, 0.4) is 0 Å². The molecule has 6 nitrogen and oxygen atoms in total. The second-order valence-electron chi connectivity index (χ2n) is 3.32. The van der Waals surface area contributed by atoms with Crippen LogP contribution in [0.4, 0.5) is 5.95 Å². The number of nitrogens with one attached hydrogen (secondary N) is 1. The van der Waals surface area contributed by atoms with Crippen LogP contribution < -0.4 is 11.3 Å². The zero-order valence-electron chi connectivity index (χ0n) is 9.07. The van der Waals surface area contributed by atoms with Crippen LogP contribution in [0.15, 0.2) is 40.0 Å². The minimum Gasteiger partial charge on any atom is -0.292 e. The maximum atomic E-state index is 5.37. The van der Waals surface area contributed by atoms with Gasteiger partial charge in [-0.25, -0.2) is 20.8 Å². The second kappa shape index (κ2) is 4.84. The first-order valence-electron chi connectivity index (χ1n) is 5.05. The number of anilines is 1. The number of hydrogen-bond acceptors (Lipinski definition) is 8. The topological polar surface area (TPSA) is 89.6 Å². The summed E-state index contributed by atoms with van der Waals surface area (Å²) in [5, 5.41) is 1.78. The predicted molar refractivity (Wildman–Crippen MR) is 71.4 cm³/mol. The third kappa shape index (κ3) is 2.13. The summed E-state index contributed by atoms with van der Waals surface area (Å²) in [6, 6.07) is 7.77. The van der Waals surface area contributed by atoms with Gasteiger partial charge in [0.05, 0.1) is 5.52 Å². The van der Waals surface area contributed by atoms with Crippen LogP contribution in [0, 0.1) is 0 Å². The van der Waals surface area contributed by atoms with Gasteiger partial charge >= 0.3 is 0 Å². The molecule has 1 aromatic carbocycles. The lowest BCUT2D eigenvalue weighted by molar-refractivity contribution is 1.07. The van der Waals surface area contributed by atoms with E-state index in [2.05, 4.69) is 24.8 Å². The van der Waals surface area contributed by atoms with Crippen molar-refractivity contribution in [3.63, 3.8) is 0 Å². The monoisotopic (exact) mass is 276 g/mol. The molecule has 3 aromatic rings. The lowest BCUT2D eigenvalue weighted by atomic mass is 10.2. The van der Waals surface area contributed by atoms with E-state index in [1.165, 1.54) is 29.6 Å². The number of para-hydroxylation sites is 1. The van der Waals surface area contributed by atoms with E-state index in [1.807, 2.05) is 24.3 Å². The molecule has 0 amide bonds. The molecule has 0 aliphatic heterocycles. The van der Waals surface area contributed by atoms with E-state index in [1.54, 1.807) is 0 Å². The van der Waals surface area contributed by atoms with Crippen LogP contribution in [-0.4, -0.2) is 19.3 Å². The highest BCUT2D eigenvalue weighted by Gasteiger charge is 2.10. The standard InChI is InChI=1S/C10H8N6S2/c11-16-9-14-7-4-2-1-3-6(7)8(15-9)17-10-12-5-13-18-10/h1-5H,11H2,(H,14,15,16). The highest BCUT2D eigenvalue weighted by molar-refractivity contribution is 8.01. The van der Waals surface area contributed by atoms with Crippen molar-refractivity contribution in [2.75, 3.05) is 5.43 Å². The molecular weight excluding hydrogens is 268 g/mol. The fourth-order valence-electron chi connectivity index (χ4n) is 1.48. The predicted octanol–water partition coefficient (Wildman–Crippen LogP) is 1.92. The molecule has 2 heterocycles. The van der Waals surface area contributed by atoms with Gasteiger partial charge in [0.25, 0.3) is 0 Å². The van der Waals surface area contributed by atoms with Crippen molar-refractivity contribution in [2.24, 2.45) is 5.84 Å². The maximum absolute atomic E-state index is 5.37. The summed E-state index contributed by atoms with van der Waals surface area (Å²) >= 11 is 2.78. The summed E-state index contributed by atoms with van der Waals surface area (Å²) in [4.78, 5) is 12.8. The molecule has 0 unspecified atom stereocenters. The number of nitrogens with two attached hydrogens (primary N) is 1. The lowest BCUT2D eigenvalue weighted by Gasteiger charge is -2.05. The third-order valence-electron chi connectivity index (χ3n) is 2.22. The summed E-state index contributed by atoms with van der Waals surface area (Å²) < 4.78 is 4.80. The summed E-state index contributed by atoms with van der Waals surface area (Å²) in [6.45, 7) is 0. The summed E-state index contributed by atoms with van der Waals surface area (Å²) in [6.07, 6.45) is 1.53. The zero-order valence-corrected chi connectivity index (χ0v) is 10.7. The Balaban J connectivity index is 2.13. The average molecular weight is 276 g/mol. The van der Waals surface area contributed by atoms with E-state index in [9.17, 15) is 0 Å². The van der Waals surface area contributed by atoms with Crippen LogP contribution in [0.5, 0.6) is 0 Å². The first kappa shape index (κ1) is 11.3. The molecule has 90 valence electrons. The Labute approximate surface area is 111 Å². The first-order chi connectivity index (χ1) is 8.86. The van der Waals surface area contributed by atoms with Gasteiger partial charge in [-0.1, -0.05) is 18.2 Å². The first-order valence-corrected chi connectivity index (χ1v) is 6.64. The number of hydrogen-bond donors (Lipinski definition) is 2. The Kier molecular flexibility index (Phi) is 3.05. The molecule has 3 rings (SSSR count). The molecule has 0 saturated heterocycles. The van der Waals surface area contributed by atoms with Gasteiger partial charge < -0.3 is 0 Å². The Hall–Kier alpha value is -1.77. The van der Waals surface area contributed by atoms with Gasteiger partial charge in [-0.15, -0.1) is 0 Å². The van der Waals surface area contributed by atoms with Gasteiger partial charge in [0.15, 0.2) is 4.34 Å². The summed E-state index contributed by atoms with van der Waals surface area (Å²) in [5.41, 5.74) is 3.31. The maximum Gasteiger partial charge on any atom is 0.238 e. The lowest BCUT2D eigenvalue weighted by Crippen LogP contribution is -2.10. The molecule has 0 aliphatic carbocycles. The van der Waals surface area contributed by atoms with Gasteiger partial charge in [-0.2, -0.15) is 4.37 Å². The van der Waals surface area contributed by atoms with Crippen LogP contribution >= 0.6 is 23.3 Å². The normalized spacial score (nSPS) is 10.7. The Morgan fingerprint density at radius 1 is 1.22 bits per heavy atom. The Morgan fingerprint density at radius 3 is 2.89 bits per heavy atom. The highest BCUT2D eigenvalue weighted by atomic mass is 32.2. The summed E-state index contributed by atoms with van der Waals surface area (Å²) in [7, 11) is 0. The van der Waals surface area contributed by atoms with Crippen molar-refractivity contribution < 1.29 is 0 Å². The number of nitrogens with zero attached hydrogens (tertiary/aromatic N) is 4. The number of hydrazine groups is 1. The van der Waals surface area contributed by atoms with Gasteiger partial charge in [0, 0.05) is 5.39 Å². The van der Waals surface area contributed by atoms with E-state index in [4.69, 9.17) is 5.84 Å². The molecule has 0 radical (unpaired) electrons. The van der Waals surface area contributed by atoms with Crippen LogP contribution in [0.1, 0.15) is 0 Å². The van der Waals surface area contributed by atoms with Crippen LogP contribution in [0.25, 0.3) is 10.9 Å². The van der Waals surface area contributed by atoms with Gasteiger partial charge in [-0.05, 0) is 29.4 Å². The van der Waals surface area contributed by atoms with Gasteiger partial charge in [0.2, 0.25) is 5.95 Å². The molecule has 8 heteroatoms. The van der Waals surface area contributed by atoms with Gasteiger partial charge in [-0.3, -0.25) is 5.43 Å². The smallest absolute Gasteiger partial charge is 0.238 e. The molecule has 18 heavy (non-hydrogen) atoms. The van der Waals surface area contributed by atoms with E-state index >= 15 is 0 Å². The second-order valence-corrected chi connectivity index (χ2v) is 5.34. The number of aromatic nitrogens is 4. The van der Waals surface area contributed by atoms with Crippen LogP contribution in [0.2, 0.25) is 0 Å². The molecule has 0 aliphatic rings. The fraction of sp³-hybridized carbons (Fsp3) is 0. The minimum absolute atomic E-state index is 0.390. The van der Waals surface area contributed by atoms with E-state index < -0.39 is 0 Å². The molecule has 3 N–H and O–H groups in total. The van der Waals surface area contributed by atoms with Crippen molar-refractivity contribution in [1.82, 2.24) is 19.3 Å². The highest BCUT2D eigenvalue weighted by Crippen LogP contribution is 2.32. The quantitative estimate of drug-likeness (QED) is 0.429. The molecule has 0 atom stereocenters. The summed E-state index contributed by atoms with van der Waals surface area (Å²) in [5.74, 6) is 5.76. The Morgan fingerprint density at radius 2 is 2.11 bits per heavy atom. The third-order valence-corrected chi connectivity index (χ3v) is 3.94. The van der Waals surface area contributed by atoms with E-state index in [0.29, 0.717) is 5.95 Å². The molecule has 2 aromatic heterocycles. The zero-order chi connectivity index (χ0) is 12.4.